The van der Waals surface area contributed by atoms with Gasteiger partial charge in [0.15, 0.2) is 6.29 Å². The SMILES string of the molecule is C.C.C1CC2CCOC2O1.CC.CC.CO. The largest absolute Gasteiger partial charge is 0.400 e. The van der Waals surface area contributed by atoms with Crippen molar-refractivity contribution in [3.8, 4) is 0 Å². The van der Waals surface area contributed by atoms with Crippen molar-refractivity contribution in [2.24, 2.45) is 5.92 Å². The number of ether oxygens (including phenoxy) is 2. The van der Waals surface area contributed by atoms with Crippen LogP contribution in [0.4, 0.5) is 0 Å². The van der Waals surface area contributed by atoms with E-state index in [1.165, 1.54) is 12.8 Å². The first-order valence-corrected chi connectivity index (χ1v) is 5.65. The van der Waals surface area contributed by atoms with Gasteiger partial charge in [0.25, 0.3) is 0 Å². The quantitative estimate of drug-likeness (QED) is 0.699. The van der Waals surface area contributed by atoms with Crippen molar-refractivity contribution in [3.05, 3.63) is 0 Å². The first-order chi connectivity index (χ1) is 6.97. The maximum atomic E-state index is 7.00. The van der Waals surface area contributed by atoms with Crippen molar-refractivity contribution in [1.29, 1.82) is 0 Å². The zero-order chi connectivity index (χ0) is 11.4. The molecule has 2 aliphatic heterocycles. The molecule has 0 amide bonds. The third-order valence-corrected chi connectivity index (χ3v) is 1.93. The van der Waals surface area contributed by atoms with E-state index in [1.54, 1.807) is 0 Å². The minimum absolute atomic E-state index is 0. The van der Waals surface area contributed by atoms with Crippen LogP contribution in [-0.2, 0) is 9.47 Å². The summed E-state index contributed by atoms with van der Waals surface area (Å²) in [6.45, 7) is 9.82. The van der Waals surface area contributed by atoms with Gasteiger partial charge in [-0.15, -0.1) is 0 Å². The summed E-state index contributed by atoms with van der Waals surface area (Å²) >= 11 is 0. The van der Waals surface area contributed by atoms with Crippen LogP contribution in [0.25, 0.3) is 0 Å². The zero-order valence-electron chi connectivity index (χ0n) is 10.2. The maximum Gasteiger partial charge on any atom is 0.160 e. The van der Waals surface area contributed by atoms with Gasteiger partial charge in [-0.1, -0.05) is 42.5 Å². The summed E-state index contributed by atoms with van der Waals surface area (Å²) < 4.78 is 10.5. The molecule has 0 aromatic carbocycles. The number of hydrogen-bond acceptors (Lipinski definition) is 3. The normalized spacial score (nSPS) is 23.6. The van der Waals surface area contributed by atoms with Gasteiger partial charge in [0.1, 0.15) is 0 Å². The number of fused-ring (bicyclic) bond motifs is 1. The summed E-state index contributed by atoms with van der Waals surface area (Å²) in [7, 11) is 1.00. The first kappa shape index (κ1) is 24.9. The summed E-state index contributed by atoms with van der Waals surface area (Å²) in [5, 5.41) is 7.00. The van der Waals surface area contributed by atoms with Crippen molar-refractivity contribution in [2.75, 3.05) is 20.3 Å². The van der Waals surface area contributed by atoms with Crippen molar-refractivity contribution in [3.63, 3.8) is 0 Å². The Balaban J connectivity index is -0.0000000804. The Morgan fingerprint density at radius 3 is 1.38 bits per heavy atom. The van der Waals surface area contributed by atoms with Crippen molar-refractivity contribution in [2.45, 2.75) is 61.7 Å². The maximum absolute atomic E-state index is 7.00. The number of aliphatic hydroxyl groups excluding tert-OH is 1. The molecule has 16 heavy (non-hydrogen) atoms. The molecule has 1 N–H and O–H groups in total. The Hall–Kier alpha value is -0.120. The van der Waals surface area contributed by atoms with E-state index < -0.39 is 0 Å². The van der Waals surface area contributed by atoms with Gasteiger partial charge in [0.2, 0.25) is 0 Å². The van der Waals surface area contributed by atoms with Crippen LogP contribution in [0.1, 0.15) is 55.4 Å². The monoisotopic (exact) mass is 238 g/mol. The molecule has 0 aromatic rings. The Morgan fingerprint density at radius 1 is 0.812 bits per heavy atom. The molecule has 104 valence electrons. The van der Waals surface area contributed by atoms with E-state index >= 15 is 0 Å². The lowest BCUT2D eigenvalue weighted by atomic mass is 10.1. The van der Waals surface area contributed by atoms with Crippen molar-refractivity contribution < 1.29 is 14.6 Å². The van der Waals surface area contributed by atoms with Crippen LogP contribution < -0.4 is 0 Å². The van der Waals surface area contributed by atoms with Crippen LogP contribution in [0.15, 0.2) is 0 Å². The molecule has 0 atom stereocenters. The topological polar surface area (TPSA) is 38.7 Å². The molecule has 0 unspecified atom stereocenters. The molecule has 0 spiro atoms. The highest BCUT2D eigenvalue weighted by atomic mass is 16.7. The second-order valence-electron chi connectivity index (χ2n) is 2.45. The van der Waals surface area contributed by atoms with Crippen LogP contribution in [0.5, 0.6) is 0 Å². The van der Waals surface area contributed by atoms with Crippen LogP contribution in [0.3, 0.4) is 0 Å². The zero-order valence-corrected chi connectivity index (χ0v) is 10.2. The molecule has 0 radical (unpaired) electrons. The van der Waals surface area contributed by atoms with Gasteiger partial charge in [0.05, 0.1) is 13.2 Å². The van der Waals surface area contributed by atoms with E-state index in [1.807, 2.05) is 27.7 Å². The van der Waals surface area contributed by atoms with E-state index in [2.05, 4.69) is 0 Å². The summed E-state index contributed by atoms with van der Waals surface area (Å²) in [5.74, 6) is 0.731. The molecule has 2 heterocycles. The number of rotatable bonds is 0. The summed E-state index contributed by atoms with van der Waals surface area (Å²) in [4.78, 5) is 0. The highest BCUT2D eigenvalue weighted by Gasteiger charge is 2.33. The van der Waals surface area contributed by atoms with Crippen LogP contribution in [0.2, 0.25) is 0 Å². The van der Waals surface area contributed by atoms with Gasteiger partial charge in [-0.3, -0.25) is 0 Å². The lowest BCUT2D eigenvalue weighted by Gasteiger charge is -2.03. The standard InChI is InChI=1S/C6H10O2.2C2H6.CH4O.2CH4/c1-3-7-6-5(1)2-4-8-6;3*1-2;;/h5-6H,1-4H2;2*1-2H3;2H,1H3;2*1H4. The Morgan fingerprint density at radius 2 is 1.12 bits per heavy atom. The average molecular weight is 238 g/mol. The van der Waals surface area contributed by atoms with E-state index in [9.17, 15) is 0 Å². The second kappa shape index (κ2) is 20.3. The van der Waals surface area contributed by atoms with Gasteiger partial charge < -0.3 is 14.6 Å². The third-order valence-electron chi connectivity index (χ3n) is 1.93. The molecule has 0 aliphatic carbocycles. The predicted molar refractivity (Wildman–Crippen MR) is 72.7 cm³/mol. The number of hydrogen-bond donors (Lipinski definition) is 1. The molecule has 0 bridgehead atoms. The first-order valence-electron chi connectivity index (χ1n) is 5.65. The highest BCUT2D eigenvalue weighted by Crippen LogP contribution is 2.30. The average Bonchev–Trinajstić information content (AvgIpc) is 2.89. The fourth-order valence-corrected chi connectivity index (χ4v) is 1.41. The molecule has 3 heteroatoms. The minimum Gasteiger partial charge on any atom is -0.400 e. The number of aliphatic hydroxyl groups is 1. The predicted octanol–water partition coefficient (Wildman–Crippen LogP) is 3.70. The Bertz CT molecular complexity index is 77.2. The summed E-state index contributed by atoms with van der Waals surface area (Å²) in [6, 6.07) is 0. The van der Waals surface area contributed by atoms with Gasteiger partial charge in [-0.25, -0.2) is 0 Å². The van der Waals surface area contributed by atoms with Gasteiger partial charge >= 0.3 is 0 Å². The second-order valence-corrected chi connectivity index (χ2v) is 2.45. The molecule has 0 aromatic heterocycles. The lowest BCUT2D eigenvalue weighted by Crippen LogP contribution is -2.08. The van der Waals surface area contributed by atoms with E-state index in [-0.39, 0.29) is 21.1 Å². The van der Waals surface area contributed by atoms with E-state index in [0.29, 0.717) is 0 Å². The summed E-state index contributed by atoms with van der Waals surface area (Å²) in [5.41, 5.74) is 0. The lowest BCUT2D eigenvalue weighted by molar-refractivity contribution is -0.0904. The highest BCUT2D eigenvalue weighted by molar-refractivity contribution is 4.73. The smallest absolute Gasteiger partial charge is 0.160 e. The van der Waals surface area contributed by atoms with Crippen molar-refractivity contribution >= 4 is 0 Å². The molecule has 3 nitrogen and oxygen atoms in total. The van der Waals surface area contributed by atoms with Crippen LogP contribution in [0, 0.1) is 5.92 Å². The summed E-state index contributed by atoms with van der Waals surface area (Å²) in [6.07, 6.45) is 2.60. The molecular weight excluding hydrogens is 204 g/mol. The van der Waals surface area contributed by atoms with Gasteiger partial charge in [-0.2, -0.15) is 0 Å². The third kappa shape index (κ3) is 9.13. The Kier molecular flexibility index (Phi) is 31.6. The fourth-order valence-electron chi connectivity index (χ4n) is 1.41. The fraction of sp³-hybridized carbons (Fsp3) is 1.00. The van der Waals surface area contributed by atoms with Crippen LogP contribution in [-0.4, -0.2) is 31.7 Å². The molecule has 0 saturated carbocycles. The molecule has 2 fully saturated rings. The Labute approximate surface area is 103 Å². The molecule has 2 rings (SSSR count). The van der Waals surface area contributed by atoms with E-state index in [0.717, 1.165) is 26.2 Å². The van der Waals surface area contributed by atoms with Crippen LogP contribution >= 0.6 is 0 Å². The van der Waals surface area contributed by atoms with Gasteiger partial charge in [0, 0.05) is 13.0 Å². The van der Waals surface area contributed by atoms with Gasteiger partial charge in [-0.05, 0) is 12.8 Å². The molecular formula is C13H34O3. The molecule has 2 saturated heterocycles. The van der Waals surface area contributed by atoms with Crippen molar-refractivity contribution in [1.82, 2.24) is 0 Å². The molecule has 2 aliphatic rings. The minimum atomic E-state index is 0. The van der Waals surface area contributed by atoms with E-state index in [4.69, 9.17) is 14.6 Å².